The van der Waals surface area contributed by atoms with Gasteiger partial charge in [-0.1, -0.05) is 18.2 Å². The van der Waals surface area contributed by atoms with Crippen LogP contribution in [0.1, 0.15) is 28.9 Å². The Hall–Kier alpha value is -2.96. The number of amides is 2. The number of nitrogens with zero attached hydrogens (tertiary/aromatic N) is 1. The molecule has 5 N–H and O–H groups in total. The third kappa shape index (κ3) is 3.82. The number of hydrogen-bond acceptors (Lipinski definition) is 3. The minimum atomic E-state index is -0.839. The predicted octanol–water partition coefficient (Wildman–Crippen LogP) is 2.89. The molecule has 0 saturated carbocycles. The number of hydrogen-bond donors (Lipinski definition) is 4. The highest BCUT2D eigenvalue weighted by Gasteiger charge is 2.22. The lowest BCUT2D eigenvalue weighted by Gasteiger charge is -2.30. The summed E-state index contributed by atoms with van der Waals surface area (Å²) in [4.78, 5) is 27.2. The van der Waals surface area contributed by atoms with Crippen molar-refractivity contribution in [2.45, 2.75) is 19.8 Å². The van der Waals surface area contributed by atoms with E-state index in [4.69, 9.17) is 10.8 Å². The summed E-state index contributed by atoms with van der Waals surface area (Å²) in [7, 11) is 0. The van der Waals surface area contributed by atoms with Crippen molar-refractivity contribution < 1.29 is 14.7 Å². The van der Waals surface area contributed by atoms with Gasteiger partial charge < -0.3 is 26.0 Å². The lowest BCUT2D eigenvalue weighted by molar-refractivity contribution is 0.0999. The first kappa shape index (κ1) is 17.8. The lowest BCUT2D eigenvalue weighted by atomic mass is 9.96. The second kappa shape index (κ2) is 7.51. The Balaban J connectivity index is 1.69. The molecule has 0 unspecified atom stereocenters. The van der Waals surface area contributed by atoms with Crippen molar-refractivity contribution in [1.82, 2.24) is 9.88 Å². The van der Waals surface area contributed by atoms with Gasteiger partial charge in [-0.2, -0.15) is 0 Å². The molecule has 138 valence electrons. The van der Waals surface area contributed by atoms with Crippen molar-refractivity contribution in [3.63, 3.8) is 0 Å². The molecule has 1 aromatic heterocycles. The molecule has 7 nitrogen and oxygen atoms in total. The number of para-hydroxylation sites is 1. The summed E-state index contributed by atoms with van der Waals surface area (Å²) in [5.74, 6) is -0.00848. The summed E-state index contributed by atoms with van der Waals surface area (Å²) in [6.07, 6.45) is 0.873. The zero-order valence-corrected chi connectivity index (χ0v) is 14.8. The smallest absolute Gasteiger partial charge is 0.407 e. The summed E-state index contributed by atoms with van der Waals surface area (Å²) in [6.45, 7) is 3.78. The van der Waals surface area contributed by atoms with Gasteiger partial charge in [-0.3, -0.25) is 4.79 Å². The number of aromatic nitrogens is 1. The van der Waals surface area contributed by atoms with Crippen LogP contribution in [0.15, 0.2) is 30.3 Å². The number of anilines is 1. The molecule has 0 bridgehead atoms. The van der Waals surface area contributed by atoms with E-state index in [1.165, 1.54) is 4.90 Å². The Morgan fingerprint density at radius 2 is 2.00 bits per heavy atom. The molecule has 1 aliphatic rings. The van der Waals surface area contributed by atoms with Gasteiger partial charge in [0.15, 0.2) is 0 Å². The predicted molar refractivity (Wildman–Crippen MR) is 100 cm³/mol. The molecule has 0 aliphatic carbocycles. The van der Waals surface area contributed by atoms with Crippen LogP contribution in [0.25, 0.3) is 11.3 Å². The van der Waals surface area contributed by atoms with Crippen LogP contribution in [0.5, 0.6) is 0 Å². The molecule has 1 aliphatic heterocycles. The first-order valence-electron chi connectivity index (χ1n) is 8.76. The maximum atomic E-state index is 11.5. The van der Waals surface area contributed by atoms with Gasteiger partial charge in [0.25, 0.3) is 5.91 Å². The molecule has 7 heteroatoms. The molecule has 3 rings (SSSR count). The van der Waals surface area contributed by atoms with Crippen molar-refractivity contribution >= 4 is 17.7 Å². The summed E-state index contributed by atoms with van der Waals surface area (Å²) >= 11 is 0. The monoisotopic (exact) mass is 356 g/mol. The van der Waals surface area contributed by atoms with Crippen LogP contribution < -0.4 is 11.1 Å². The third-order valence-electron chi connectivity index (χ3n) is 4.96. The number of carbonyl (C=O) groups is 2. The minimum Gasteiger partial charge on any atom is -0.465 e. The molecular formula is C19H24N4O3. The van der Waals surface area contributed by atoms with E-state index in [2.05, 4.69) is 10.3 Å². The Kier molecular flexibility index (Phi) is 5.16. The number of nitrogens with one attached hydrogen (secondary N) is 2. The second-order valence-corrected chi connectivity index (χ2v) is 6.73. The first-order chi connectivity index (χ1) is 12.5. The lowest BCUT2D eigenvalue weighted by Crippen LogP contribution is -2.39. The van der Waals surface area contributed by atoms with E-state index < -0.39 is 12.0 Å². The van der Waals surface area contributed by atoms with E-state index in [-0.39, 0.29) is 0 Å². The average Bonchev–Trinajstić information content (AvgIpc) is 3.02. The Morgan fingerprint density at radius 1 is 1.31 bits per heavy atom. The van der Waals surface area contributed by atoms with E-state index in [1.807, 2.05) is 31.2 Å². The van der Waals surface area contributed by atoms with E-state index in [1.54, 1.807) is 6.07 Å². The molecular weight excluding hydrogens is 332 g/mol. The number of likely N-dealkylation sites (tertiary alicyclic amines) is 1. The van der Waals surface area contributed by atoms with Crippen LogP contribution in [-0.4, -0.2) is 46.6 Å². The van der Waals surface area contributed by atoms with Crippen molar-refractivity contribution in [3.05, 3.63) is 41.6 Å². The van der Waals surface area contributed by atoms with Crippen LogP contribution in [0.2, 0.25) is 0 Å². The highest BCUT2D eigenvalue weighted by atomic mass is 16.4. The Morgan fingerprint density at radius 3 is 2.62 bits per heavy atom. The summed E-state index contributed by atoms with van der Waals surface area (Å²) < 4.78 is 0. The van der Waals surface area contributed by atoms with Gasteiger partial charge in [0.1, 0.15) is 0 Å². The number of H-pyrrole nitrogens is 1. The van der Waals surface area contributed by atoms with Gasteiger partial charge in [0, 0.05) is 42.3 Å². The van der Waals surface area contributed by atoms with Gasteiger partial charge in [0.2, 0.25) is 0 Å². The maximum Gasteiger partial charge on any atom is 0.407 e. The topological polar surface area (TPSA) is 111 Å². The molecule has 2 aromatic rings. The first-order valence-corrected chi connectivity index (χ1v) is 8.76. The zero-order valence-electron chi connectivity index (χ0n) is 14.8. The van der Waals surface area contributed by atoms with Gasteiger partial charge in [-0.15, -0.1) is 0 Å². The van der Waals surface area contributed by atoms with Crippen LogP contribution in [0.3, 0.4) is 0 Å². The summed E-state index contributed by atoms with van der Waals surface area (Å²) in [6, 6.07) is 9.69. The molecule has 26 heavy (non-hydrogen) atoms. The van der Waals surface area contributed by atoms with Gasteiger partial charge in [-0.05, 0) is 37.8 Å². The maximum absolute atomic E-state index is 11.5. The fourth-order valence-electron chi connectivity index (χ4n) is 3.41. The highest BCUT2D eigenvalue weighted by Crippen LogP contribution is 2.29. The van der Waals surface area contributed by atoms with Crippen molar-refractivity contribution in [2.24, 2.45) is 11.7 Å². The number of nitrogens with two attached hydrogens (primary N) is 1. The van der Waals surface area contributed by atoms with Crippen molar-refractivity contribution in [1.29, 1.82) is 0 Å². The van der Waals surface area contributed by atoms with Crippen LogP contribution in [0, 0.1) is 12.8 Å². The zero-order chi connectivity index (χ0) is 18.7. The highest BCUT2D eigenvalue weighted by molar-refractivity contribution is 5.96. The largest absolute Gasteiger partial charge is 0.465 e. The molecule has 1 fully saturated rings. The van der Waals surface area contributed by atoms with E-state index in [0.717, 1.165) is 42.0 Å². The summed E-state index contributed by atoms with van der Waals surface area (Å²) in [5, 5.41) is 12.5. The Bertz CT molecular complexity index is 807. The average molecular weight is 356 g/mol. The molecule has 0 atom stereocenters. The minimum absolute atomic E-state index is 0.435. The SMILES string of the molecule is Cc1[nH]c(-c2ccccc2NCC2CCN(C(=O)O)CC2)cc1C(N)=O. The molecule has 1 aromatic carbocycles. The van der Waals surface area contributed by atoms with Gasteiger partial charge in [0.05, 0.1) is 5.56 Å². The summed E-state index contributed by atoms with van der Waals surface area (Å²) in [5.41, 5.74) is 9.46. The number of piperidine rings is 1. The van der Waals surface area contributed by atoms with Crippen LogP contribution >= 0.6 is 0 Å². The third-order valence-corrected chi connectivity index (χ3v) is 4.96. The quantitative estimate of drug-likeness (QED) is 0.660. The Labute approximate surface area is 152 Å². The molecule has 2 amide bonds. The molecule has 2 heterocycles. The van der Waals surface area contributed by atoms with Crippen LogP contribution in [-0.2, 0) is 0 Å². The number of primary amides is 1. The van der Waals surface area contributed by atoms with Gasteiger partial charge in [-0.25, -0.2) is 4.79 Å². The fourth-order valence-corrected chi connectivity index (χ4v) is 3.41. The van der Waals surface area contributed by atoms with Gasteiger partial charge >= 0.3 is 6.09 Å². The standard InChI is InChI=1S/C19H24N4O3/c1-12-15(18(20)24)10-17(22-12)14-4-2-3-5-16(14)21-11-13-6-8-23(9-7-13)19(25)26/h2-5,10,13,21-22H,6-9,11H2,1H3,(H2,20,24)(H,25,26). The molecule has 1 saturated heterocycles. The van der Waals surface area contributed by atoms with Crippen LogP contribution in [0.4, 0.5) is 10.5 Å². The second-order valence-electron chi connectivity index (χ2n) is 6.73. The van der Waals surface area contributed by atoms with Crippen molar-refractivity contribution in [3.8, 4) is 11.3 Å². The van der Waals surface area contributed by atoms with E-state index in [0.29, 0.717) is 24.6 Å². The van der Waals surface area contributed by atoms with E-state index in [9.17, 15) is 9.59 Å². The van der Waals surface area contributed by atoms with Crippen molar-refractivity contribution in [2.75, 3.05) is 25.0 Å². The number of benzene rings is 1. The number of carbonyl (C=O) groups excluding carboxylic acids is 1. The number of carboxylic acid groups (broad SMARTS) is 1. The fraction of sp³-hybridized carbons (Fsp3) is 0.368. The number of aryl methyl sites for hydroxylation is 1. The normalized spacial score (nSPS) is 15.0. The molecule has 0 spiro atoms. The molecule has 0 radical (unpaired) electrons. The number of rotatable bonds is 5. The number of aromatic amines is 1. The van der Waals surface area contributed by atoms with E-state index >= 15 is 0 Å².